The van der Waals surface area contributed by atoms with Gasteiger partial charge in [0.15, 0.2) is 0 Å². The summed E-state index contributed by atoms with van der Waals surface area (Å²) in [4.78, 5) is 11.5. The molecule has 26 heavy (non-hydrogen) atoms. The van der Waals surface area contributed by atoms with Crippen LogP contribution < -0.4 is 5.32 Å². The lowest BCUT2D eigenvalue weighted by Crippen LogP contribution is -2.30. The molecule has 0 aromatic carbocycles. The summed E-state index contributed by atoms with van der Waals surface area (Å²) >= 11 is 0. The predicted octanol–water partition coefficient (Wildman–Crippen LogP) is 7.27. The van der Waals surface area contributed by atoms with Gasteiger partial charge in [-0.2, -0.15) is 0 Å². The third kappa shape index (κ3) is 19.0. The van der Waals surface area contributed by atoms with E-state index in [0.717, 1.165) is 19.3 Å². The molecule has 1 N–H and O–H groups in total. The molecule has 0 aliphatic carbocycles. The lowest BCUT2D eigenvalue weighted by molar-refractivity contribution is -0.117. The number of hydrogen-bond acceptors (Lipinski definition) is 1. The number of amides is 1. The molecule has 0 aromatic rings. The van der Waals surface area contributed by atoms with Crippen molar-refractivity contribution in [1.82, 2.24) is 5.32 Å². The lowest BCUT2D eigenvalue weighted by atomic mass is 10.1. The Bertz CT molecular complexity index is 395. The zero-order valence-corrected chi connectivity index (χ0v) is 17.6. The topological polar surface area (TPSA) is 29.1 Å². The standard InChI is InChI=1S/C24H43NO/c1-4-6-7-8-9-10-11-12-13-14-15-16-17-18-19-20-21-22-24(26)25-23(3)5-2/h15-16,19-23H,4-14,17-18H2,1-3H3,(H,25,26)/b16-15-,20-19+,22-21+/t23-/m1/s1. The van der Waals surface area contributed by atoms with Crippen molar-refractivity contribution < 1.29 is 4.79 Å². The Balaban J connectivity index is 3.41. The molecule has 0 unspecified atom stereocenters. The maximum Gasteiger partial charge on any atom is 0.244 e. The van der Waals surface area contributed by atoms with E-state index in [-0.39, 0.29) is 11.9 Å². The first-order chi connectivity index (χ1) is 12.7. The van der Waals surface area contributed by atoms with E-state index in [1.54, 1.807) is 6.08 Å². The minimum absolute atomic E-state index is 0.00939. The summed E-state index contributed by atoms with van der Waals surface area (Å²) in [6.07, 6.45) is 29.0. The largest absolute Gasteiger partial charge is 0.350 e. The van der Waals surface area contributed by atoms with E-state index in [9.17, 15) is 4.79 Å². The van der Waals surface area contributed by atoms with Gasteiger partial charge in [-0.15, -0.1) is 0 Å². The van der Waals surface area contributed by atoms with Crippen LogP contribution in [0.5, 0.6) is 0 Å². The summed E-state index contributed by atoms with van der Waals surface area (Å²) in [7, 11) is 0. The van der Waals surface area contributed by atoms with Crippen LogP contribution in [0.15, 0.2) is 36.5 Å². The summed E-state index contributed by atoms with van der Waals surface area (Å²) in [5.41, 5.74) is 0. The minimum Gasteiger partial charge on any atom is -0.350 e. The van der Waals surface area contributed by atoms with Gasteiger partial charge < -0.3 is 5.32 Å². The first kappa shape index (κ1) is 24.7. The van der Waals surface area contributed by atoms with Gasteiger partial charge in [-0.1, -0.05) is 95.6 Å². The van der Waals surface area contributed by atoms with E-state index in [4.69, 9.17) is 0 Å². The number of rotatable bonds is 17. The monoisotopic (exact) mass is 361 g/mol. The van der Waals surface area contributed by atoms with Crippen LogP contribution in [-0.4, -0.2) is 11.9 Å². The minimum atomic E-state index is -0.00939. The van der Waals surface area contributed by atoms with E-state index in [0.29, 0.717) is 0 Å². The Morgan fingerprint density at radius 2 is 1.35 bits per heavy atom. The molecule has 2 nitrogen and oxygen atoms in total. The van der Waals surface area contributed by atoms with Gasteiger partial charge in [0.1, 0.15) is 0 Å². The van der Waals surface area contributed by atoms with Gasteiger partial charge >= 0.3 is 0 Å². The van der Waals surface area contributed by atoms with Crippen LogP contribution in [0.4, 0.5) is 0 Å². The molecule has 1 amide bonds. The lowest BCUT2D eigenvalue weighted by Gasteiger charge is -2.07. The quantitative estimate of drug-likeness (QED) is 0.125. The fourth-order valence-corrected chi connectivity index (χ4v) is 2.71. The summed E-state index contributed by atoms with van der Waals surface area (Å²) in [5, 5.41) is 2.91. The number of unbranched alkanes of at least 4 members (excludes halogenated alkanes) is 10. The van der Waals surface area contributed by atoms with Gasteiger partial charge in [-0.3, -0.25) is 4.79 Å². The summed E-state index contributed by atoms with van der Waals surface area (Å²) < 4.78 is 0. The van der Waals surface area contributed by atoms with Crippen molar-refractivity contribution in [2.45, 2.75) is 110 Å². The van der Waals surface area contributed by atoms with Crippen LogP contribution >= 0.6 is 0 Å². The Hall–Kier alpha value is -1.31. The average Bonchev–Trinajstić information content (AvgIpc) is 2.64. The molecule has 0 aliphatic heterocycles. The van der Waals surface area contributed by atoms with Crippen molar-refractivity contribution in [3.63, 3.8) is 0 Å². The van der Waals surface area contributed by atoms with Crippen molar-refractivity contribution in [2.75, 3.05) is 0 Å². The van der Waals surface area contributed by atoms with Crippen LogP contribution in [-0.2, 0) is 4.79 Å². The van der Waals surface area contributed by atoms with E-state index >= 15 is 0 Å². The second-order valence-electron chi connectivity index (χ2n) is 7.27. The molecular formula is C24H43NO. The van der Waals surface area contributed by atoms with Crippen LogP contribution in [0.2, 0.25) is 0 Å². The highest BCUT2D eigenvalue weighted by Gasteiger charge is 1.99. The maximum absolute atomic E-state index is 11.5. The van der Waals surface area contributed by atoms with Crippen LogP contribution in [0, 0.1) is 0 Å². The van der Waals surface area contributed by atoms with E-state index < -0.39 is 0 Å². The number of allylic oxidation sites excluding steroid dienone is 5. The van der Waals surface area contributed by atoms with Gasteiger partial charge in [0.05, 0.1) is 0 Å². The molecule has 0 fully saturated rings. The van der Waals surface area contributed by atoms with Crippen molar-refractivity contribution in [1.29, 1.82) is 0 Å². The molecule has 0 heterocycles. The molecule has 1 atom stereocenters. The summed E-state index contributed by atoms with van der Waals surface area (Å²) in [6.45, 7) is 6.36. The van der Waals surface area contributed by atoms with E-state index in [1.165, 1.54) is 64.2 Å². The summed E-state index contributed by atoms with van der Waals surface area (Å²) in [6, 6.07) is 0.243. The molecule has 0 saturated carbocycles. The molecule has 0 bridgehead atoms. The van der Waals surface area contributed by atoms with Gasteiger partial charge in [0.2, 0.25) is 5.91 Å². The van der Waals surface area contributed by atoms with Crippen molar-refractivity contribution in [2.24, 2.45) is 0 Å². The fourth-order valence-electron chi connectivity index (χ4n) is 2.71. The van der Waals surface area contributed by atoms with Crippen molar-refractivity contribution >= 4 is 5.91 Å². The first-order valence-electron chi connectivity index (χ1n) is 11.0. The Morgan fingerprint density at radius 3 is 2.00 bits per heavy atom. The van der Waals surface area contributed by atoms with Gasteiger partial charge in [-0.25, -0.2) is 0 Å². The average molecular weight is 362 g/mol. The molecule has 0 aliphatic rings. The normalized spacial score (nSPS) is 13.2. The number of carbonyl (C=O) groups excluding carboxylic acids is 1. The molecule has 0 rings (SSSR count). The molecule has 0 saturated heterocycles. The zero-order valence-electron chi connectivity index (χ0n) is 17.6. The third-order valence-corrected chi connectivity index (χ3v) is 4.64. The van der Waals surface area contributed by atoms with Gasteiger partial charge in [-0.05, 0) is 39.0 Å². The number of nitrogens with one attached hydrogen (secondary N) is 1. The van der Waals surface area contributed by atoms with E-state index in [2.05, 4.69) is 37.4 Å². The fraction of sp³-hybridized carbons (Fsp3) is 0.708. The SMILES string of the molecule is CCCCCCCCCCC/C=C\CC/C=C/C=C/C(=O)N[C@H](C)CC. The maximum atomic E-state index is 11.5. The van der Waals surface area contributed by atoms with E-state index in [1.807, 2.05) is 19.1 Å². The highest BCUT2D eigenvalue weighted by atomic mass is 16.1. The molecular weight excluding hydrogens is 318 g/mol. The molecule has 0 spiro atoms. The smallest absolute Gasteiger partial charge is 0.244 e. The number of carbonyl (C=O) groups is 1. The summed E-state index contributed by atoms with van der Waals surface area (Å²) in [5.74, 6) is -0.00939. The Morgan fingerprint density at radius 1 is 0.769 bits per heavy atom. The Labute approximate surface area is 163 Å². The van der Waals surface area contributed by atoms with Gasteiger partial charge in [0.25, 0.3) is 0 Å². The van der Waals surface area contributed by atoms with Crippen LogP contribution in [0.25, 0.3) is 0 Å². The highest BCUT2D eigenvalue weighted by molar-refractivity contribution is 5.87. The molecule has 150 valence electrons. The molecule has 0 radical (unpaired) electrons. The third-order valence-electron chi connectivity index (χ3n) is 4.64. The van der Waals surface area contributed by atoms with Crippen LogP contribution in [0.3, 0.4) is 0 Å². The first-order valence-corrected chi connectivity index (χ1v) is 11.0. The van der Waals surface area contributed by atoms with Gasteiger partial charge in [0, 0.05) is 12.1 Å². The highest BCUT2D eigenvalue weighted by Crippen LogP contribution is 2.10. The van der Waals surface area contributed by atoms with Crippen LogP contribution in [0.1, 0.15) is 104 Å². The molecule has 2 heteroatoms. The Kier molecular flexibility index (Phi) is 19.0. The zero-order chi connectivity index (χ0) is 19.3. The second kappa shape index (κ2) is 20.0. The second-order valence-corrected chi connectivity index (χ2v) is 7.27. The molecule has 0 aromatic heterocycles. The van der Waals surface area contributed by atoms with Crippen molar-refractivity contribution in [3.05, 3.63) is 36.5 Å². The predicted molar refractivity (Wildman–Crippen MR) is 116 cm³/mol. The number of hydrogen-bond donors (Lipinski definition) is 1. The van der Waals surface area contributed by atoms with Crippen molar-refractivity contribution in [3.8, 4) is 0 Å².